The van der Waals surface area contributed by atoms with Gasteiger partial charge in [-0.2, -0.15) is 0 Å². The first-order chi connectivity index (χ1) is 7.34. The molecule has 1 atom stereocenters. The van der Waals surface area contributed by atoms with Crippen LogP contribution in [-0.4, -0.2) is 66.3 Å². The van der Waals surface area contributed by atoms with Gasteiger partial charge in [0.1, 0.15) is 0 Å². The van der Waals surface area contributed by atoms with E-state index < -0.39 is 24.6 Å². The molecule has 0 aromatic rings. The van der Waals surface area contributed by atoms with E-state index in [0.29, 0.717) is 0 Å². The Hall–Kier alpha value is -1.83. The number of aliphatic hydroxyl groups is 1. The summed E-state index contributed by atoms with van der Waals surface area (Å²) in [6.45, 7) is -0.612. The number of nitrogens with zero attached hydrogens (tertiary/aromatic N) is 1. The third-order valence-corrected chi connectivity index (χ3v) is 1.64. The SMILES string of the molecule is CN(C)C(=O)CNC(=O)NCC(O)C(=O)O. The Kier molecular flexibility index (Phi) is 5.86. The molecule has 8 heteroatoms. The fourth-order valence-corrected chi connectivity index (χ4v) is 0.653. The van der Waals surface area contributed by atoms with Crippen LogP contribution in [0.2, 0.25) is 0 Å². The fourth-order valence-electron chi connectivity index (χ4n) is 0.653. The van der Waals surface area contributed by atoms with Crippen LogP contribution >= 0.6 is 0 Å². The Morgan fingerprint density at radius 1 is 1.25 bits per heavy atom. The fraction of sp³-hybridized carbons (Fsp3) is 0.625. The van der Waals surface area contributed by atoms with Gasteiger partial charge in [-0.1, -0.05) is 0 Å². The molecule has 0 saturated carbocycles. The Morgan fingerprint density at radius 2 is 1.81 bits per heavy atom. The topological polar surface area (TPSA) is 119 Å². The summed E-state index contributed by atoms with van der Waals surface area (Å²) in [6.07, 6.45) is -1.66. The lowest BCUT2D eigenvalue weighted by atomic mass is 10.4. The molecular formula is C8H15N3O5. The van der Waals surface area contributed by atoms with Gasteiger partial charge in [-0.05, 0) is 0 Å². The van der Waals surface area contributed by atoms with E-state index in [1.165, 1.54) is 19.0 Å². The van der Waals surface area contributed by atoms with E-state index in [-0.39, 0.29) is 12.5 Å². The Bertz CT molecular complexity index is 279. The highest BCUT2D eigenvalue weighted by Crippen LogP contribution is 1.80. The molecule has 8 nitrogen and oxygen atoms in total. The van der Waals surface area contributed by atoms with Crippen LogP contribution in [0.5, 0.6) is 0 Å². The second-order valence-electron chi connectivity index (χ2n) is 3.21. The van der Waals surface area contributed by atoms with Crippen LogP contribution in [0, 0.1) is 0 Å². The summed E-state index contributed by atoms with van der Waals surface area (Å²) >= 11 is 0. The van der Waals surface area contributed by atoms with E-state index in [9.17, 15) is 14.4 Å². The quantitative estimate of drug-likeness (QED) is 0.430. The first-order valence-electron chi connectivity index (χ1n) is 4.47. The third-order valence-electron chi connectivity index (χ3n) is 1.64. The van der Waals surface area contributed by atoms with Gasteiger partial charge in [0.2, 0.25) is 5.91 Å². The standard InChI is InChI=1S/C8H15N3O5/c1-11(2)6(13)4-10-8(16)9-3-5(12)7(14)15/h5,12H,3-4H2,1-2H3,(H,14,15)(H2,9,10,16). The highest BCUT2D eigenvalue weighted by molar-refractivity contribution is 5.84. The zero-order chi connectivity index (χ0) is 12.7. The molecule has 0 rings (SSSR count). The molecule has 92 valence electrons. The second kappa shape index (κ2) is 6.62. The van der Waals surface area contributed by atoms with E-state index >= 15 is 0 Å². The minimum Gasteiger partial charge on any atom is -0.479 e. The lowest BCUT2D eigenvalue weighted by Gasteiger charge is -2.12. The van der Waals surface area contributed by atoms with Crippen molar-refractivity contribution in [3.8, 4) is 0 Å². The Labute approximate surface area is 92.2 Å². The van der Waals surface area contributed by atoms with Gasteiger partial charge < -0.3 is 25.7 Å². The molecule has 0 saturated heterocycles. The molecule has 0 aliphatic carbocycles. The molecule has 4 N–H and O–H groups in total. The number of carboxylic acids is 1. The lowest BCUT2D eigenvalue weighted by Crippen LogP contribution is -2.45. The zero-order valence-corrected chi connectivity index (χ0v) is 9.06. The maximum atomic E-state index is 11.0. The molecule has 0 spiro atoms. The predicted molar refractivity (Wildman–Crippen MR) is 53.7 cm³/mol. The highest BCUT2D eigenvalue weighted by Gasteiger charge is 2.14. The smallest absolute Gasteiger partial charge is 0.334 e. The largest absolute Gasteiger partial charge is 0.479 e. The van der Waals surface area contributed by atoms with Crippen molar-refractivity contribution in [2.45, 2.75) is 6.10 Å². The summed E-state index contributed by atoms with van der Waals surface area (Å²) in [7, 11) is 3.08. The van der Waals surface area contributed by atoms with Crippen LogP contribution in [-0.2, 0) is 9.59 Å². The van der Waals surface area contributed by atoms with Crippen molar-refractivity contribution in [3.63, 3.8) is 0 Å². The molecule has 0 aromatic heterocycles. The van der Waals surface area contributed by atoms with Gasteiger partial charge in [-0.3, -0.25) is 4.79 Å². The number of aliphatic carboxylic acids is 1. The van der Waals surface area contributed by atoms with Gasteiger partial charge in [0.05, 0.1) is 13.1 Å². The average molecular weight is 233 g/mol. The van der Waals surface area contributed by atoms with Crippen molar-refractivity contribution in [2.24, 2.45) is 0 Å². The molecule has 0 heterocycles. The van der Waals surface area contributed by atoms with Gasteiger partial charge >= 0.3 is 12.0 Å². The highest BCUT2D eigenvalue weighted by atomic mass is 16.4. The van der Waals surface area contributed by atoms with Gasteiger partial charge in [-0.15, -0.1) is 0 Å². The number of urea groups is 1. The molecular weight excluding hydrogens is 218 g/mol. The summed E-state index contributed by atoms with van der Waals surface area (Å²) in [4.78, 5) is 33.5. The molecule has 1 unspecified atom stereocenters. The summed E-state index contributed by atoms with van der Waals surface area (Å²) < 4.78 is 0. The van der Waals surface area contributed by atoms with Crippen LogP contribution in [0.1, 0.15) is 0 Å². The average Bonchev–Trinajstić information content (AvgIpc) is 2.21. The van der Waals surface area contributed by atoms with E-state index in [1.54, 1.807) is 0 Å². The Balaban J connectivity index is 3.76. The molecule has 0 bridgehead atoms. The molecule has 0 aromatic carbocycles. The molecule has 0 fully saturated rings. The van der Waals surface area contributed by atoms with Gasteiger partial charge in [0, 0.05) is 14.1 Å². The first-order valence-corrected chi connectivity index (χ1v) is 4.47. The zero-order valence-electron chi connectivity index (χ0n) is 9.06. The monoisotopic (exact) mass is 233 g/mol. The molecule has 3 amide bonds. The van der Waals surface area contributed by atoms with Crippen LogP contribution < -0.4 is 10.6 Å². The van der Waals surface area contributed by atoms with E-state index in [1.807, 2.05) is 0 Å². The summed E-state index contributed by atoms with van der Waals surface area (Å²) in [6, 6.07) is -0.712. The first kappa shape index (κ1) is 14.2. The molecule has 16 heavy (non-hydrogen) atoms. The number of carbonyl (C=O) groups is 3. The number of aliphatic hydroxyl groups excluding tert-OH is 1. The van der Waals surface area contributed by atoms with Crippen LogP contribution in [0.4, 0.5) is 4.79 Å². The number of amides is 3. The van der Waals surface area contributed by atoms with Crippen molar-refractivity contribution < 1.29 is 24.6 Å². The summed E-state index contributed by atoms with van der Waals surface area (Å²) in [5.74, 6) is -1.72. The van der Waals surface area contributed by atoms with Gasteiger partial charge in [-0.25, -0.2) is 9.59 Å². The minimum absolute atomic E-state index is 0.192. The molecule has 0 radical (unpaired) electrons. The summed E-state index contributed by atoms with van der Waals surface area (Å²) in [5, 5.41) is 21.4. The summed E-state index contributed by atoms with van der Waals surface area (Å²) in [5.41, 5.74) is 0. The predicted octanol–water partition coefficient (Wildman–Crippen LogP) is -2.18. The van der Waals surface area contributed by atoms with Crippen molar-refractivity contribution in [1.29, 1.82) is 0 Å². The molecule has 0 aliphatic heterocycles. The van der Waals surface area contributed by atoms with Crippen LogP contribution in [0.3, 0.4) is 0 Å². The maximum absolute atomic E-state index is 11.0. The minimum atomic E-state index is -1.66. The normalized spacial score (nSPS) is 11.4. The number of hydrogen-bond acceptors (Lipinski definition) is 4. The lowest BCUT2D eigenvalue weighted by molar-refractivity contribution is -0.146. The van der Waals surface area contributed by atoms with Crippen molar-refractivity contribution >= 4 is 17.9 Å². The Morgan fingerprint density at radius 3 is 2.25 bits per heavy atom. The van der Waals surface area contributed by atoms with E-state index in [2.05, 4.69) is 10.6 Å². The number of likely N-dealkylation sites (N-methyl/N-ethyl adjacent to an activating group) is 1. The number of nitrogens with one attached hydrogen (secondary N) is 2. The number of hydrogen-bond donors (Lipinski definition) is 4. The van der Waals surface area contributed by atoms with Crippen molar-refractivity contribution in [1.82, 2.24) is 15.5 Å². The number of carbonyl (C=O) groups excluding carboxylic acids is 2. The van der Waals surface area contributed by atoms with Crippen LogP contribution in [0.15, 0.2) is 0 Å². The van der Waals surface area contributed by atoms with Gasteiger partial charge in [0.25, 0.3) is 0 Å². The third kappa shape index (κ3) is 5.81. The van der Waals surface area contributed by atoms with Crippen molar-refractivity contribution in [2.75, 3.05) is 27.2 Å². The number of rotatable bonds is 5. The van der Waals surface area contributed by atoms with E-state index in [0.717, 1.165) is 0 Å². The number of carboxylic acid groups (broad SMARTS) is 1. The van der Waals surface area contributed by atoms with E-state index in [4.69, 9.17) is 10.2 Å². The van der Waals surface area contributed by atoms with Gasteiger partial charge in [0.15, 0.2) is 6.10 Å². The van der Waals surface area contributed by atoms with Crippen LogP contribution in [0.25, 0.3) is 0 Å². The maximum Gasteiger partial charge on any atom is 0.334 e. The second-order valence-corrected chi connectivity index (χ2v) is 3.21. The molecule has 0 aliphatic rings. The van der Waals surface area contributed by atoms with Crippen molar-refractivity contribution in [3.05, 3.63) is 0 Å².